The lowest BCUT2D eigenvalue weighted by atomic mass is 10.2. The molecule has 0 fully saturated rings. The van der Waals surface area contributed by atoms with Crippen molar-refractivity contribution in [2.24, 2.45) is 0 Å². The van der Waals surface area contributed by atoms with E-state index in [1.807, 2.05) is 6.07 Å². The average molecular weight is 346 g/mol. The number of alkyl halides is 1. The maximum atomic E-state index is 11.7. The van der Waals surface area contributed by atoms with Gasteiger partial charge in [-0.1, -0.05) is 15.9 Å². The first-order valence-corrected chi connectivity index (χ1v) is 6.13. The molecule has 1 aromatic carbocycles. The monoisotopic (exact) mass is 344 g/mol. The molecule has 0 radical (unpaired) electrons. The lowest BCUT2D eigenvalue weighted by Crippen LogP contribution is -2.31. The van der Waals surface area contributed by atoms with Gasteiger partial charge in [-0.05, 0) is 48.0 Å². The lowest BCUT2D eigenvalue weighted by molar-refractivity contribution is -0.117. The van der Waals surface area contributed by atoms with Crippen LogP contribution in [0.1, 0.15) is 19.4 Å². The van der Waals surface area contributed by atoms with Crippen molar-refractivity contribution >= 4 is 43.5 Å². The molecule has 16 heavy (non-hydrogen) atoms. The van der Waals surface area contributed by atoms with Gasteiger partial charge in [-0.25, -0.2) is 0 Å². The number of carbonyl (C=O) groups excluding carboxylic acids is 1. The SMILES string of the molecule is CC(C)(Br)C(=O)Nc1ccc(C#N)cc1Br. The summed E-state index contributed by atoms with van der Waals surface area (Å²) in [4.78, 5) is 11.7. The molecule has 1 rings (SSSR count). The highest BCUT2D eigenvalue weighted by Gasteiger charge is 2.24. The molecule has 1 aromatic rings. The predicted molar refractivity (Wildman–Crippen MR) is 70.5 cm³/mol. The van der Waals surface area contributed by atoms with Crippen molar-refractivity contribution in [3.63, 3.8) is 0 Å². The molecular formula is C11H10Br2N2O. The zero-order valence-electron chi connectivity index (χ0n) is 8.84. The zero-order chi connectivity index (χ0) is 12.3. The van der Waals surface area contributed by atoms with E-state index in [0.717, 1.165) is 0 Å². The summed E-state index contributed by atoms with van der Waals surface area (Å²) >= 11 is 6.58. The molecule has 0 aromatic heterocycles. The van der Waals surface area contributed by atoms with Crippen LogP contribution in [0, 0.1) is 11.3 Å². The first kappa shape index (κ1) is 13.2. The molecule has 0 unspecified atom stereocenters. The largest absolute Gasteiger partial charge is 0.324 e. The molecular weight excluding hydrogens is 336 g/mol. The minimum Gasteiger partial charge on any atom is -0.324 e. The van der Waals surface area contributed by atoms with Crippen molar-refractivity contribution in [3.05, 3.63) is 28.2 Å². The molecule has 5 heteroatoms. The number of hydrogen-bond acceptors (Lipinski definition) is 2. The Morgan fingerprint density at radius 3 is 2.56 bits per heavy atom. The van der Waals surface area contributed by atoms with Gasteiger partial charge < -0.3 is 5.32 Å². The van der Waals surface area contributed by atoms with Crippen molar-refractivity contribution in [2.45, 2.75) is 18.2 Å². The van der Waals surface area contributed by atoms with Gasteiger partial charge in [0, 0.05) is 4.47 Å². The first-order valence-electron chi connectivity index (χ1n) is 4.54. The molecule has 3 nitrogen and oxygen atoms in total. The highest BCUT2D eigenvalue weighted by molar-refractivity contribution is 9.10. The maximum Gasteiger partial charge on any atom is 0.240 e. The Bertz CT molecular complexity index is 458. The average Bonchev–Trinajstić information content (AvgIpc) is 2.19. The molecule has 84 valence electrons. The molecule has 0 aliphatic rings. The third-order valence-corrected chi connectivity index (χ3v) is 2.90. The van der Waals surface area contributed by atoms with Crippen molar-refractivity contribution in [2.75, 3.05) is 5.32 Å². The van der Waals surface area contributed by atoms with Crippen LogP contribution in [0.25, 0.3) is 0 Å². The van der Waals surface area contributed by atoms with Crippen molar-refractivity contribution in [1.82, 2.24) is 0 Å². The summed E-state index contributed by atoms with van der Waals surface area (Å²) in [6.45, 7) is 3.53. The Kier molecular flexibility index (Phi) is 4.11. The van der Waals surface area contributed by atoms with Crippen LogP contribution in [0.15, 0.2) is 22.7 Å². The number of nitriles is 1. The second-order valence-electron chi connectivity index (χ2n) is 3.73. The van der Waals surface area contributed by atoms with Crippen LogP contribution in [0.5, 0.6) is 0 Å². The maximum absolute atomic E-state index is 11.7. The molecule has 0 saturated heterocycles. The van der Waals surface area contributed by atoms with Crippen molar-refractivity contribution in [1.29, 1.82) is 5.26 Å². The number of amides is 1. The summed E-state index contributed by atoms with van der Waals surface area (Å²) in [6, 6.07) is 7.04. The van der Waals surface area contributed by atoms with Crippen LogP contribution in [-0.4, -0.2) is 10.2 Å². The van der Waals surface area contributed by atoms with E-state index >= 15 is 0 Å². The van der Waals surface area contributed by atoms with Crippen molar-refractivity contribution in [3.8, 4) is 6.07 Å². The second-order valence-corrected chi connectivity index (χ2v) is 6.57. The van der Waals surface area contributed by atoms with Crippen LogP contribution in [-0.2, 0) is 4.79 Å². The highest BCUT2D eigenvalue weighted by Crippen LogP contribution is 2.26. The van der Waals surface area contributed by atoms with Crippen molar-refractivity contribution < 1.29 is 4.79 Å². The van der Waals surface area contributed by atoms with Crippen LogP contribution < -0.4 is 5.32 Å². The van der Waals surface area contributed by atoms with E-state index in [1.54, 1.807) is 32.0 Å². The molecule has 0 aliphatic heterocycles. The number of rotatable bonds is 2. The molecule has 0 saturated carbocycles. The number of anilines is 1. The Balaban J connectivity index is 2.92. The fourth-order valence-electron chi connectivity index (χ4n) is 0.957. The predicted octanol–water partition coefficient (Wildman–Crippen LogP) is 3.43. The van der Waals surface area contributed by atoms with Gasteiger partial charge >= 0.3 is 0 Å². The lowest BCUT2D eigenvalue weighted by Gasteiger charge is -2.16. The minimum absolute atomic E-state index is 0.141. The second kappa shape index (κ2) is 4.98. The van der Waals surface area contributed by atoms with E-state index in [2.05, 4.69) is 37.2 Å². The van der Waals surface area contributed by atoms with Crippen LogP contribution in [0.4, 0.5) is 5.69 Å². The third-order valence-electron chi connectivity index (χ3n) is 1.89. The Morgan fingerprint density at radius 1 is 1.50 bits per heavy atom. The third kappa shape index (κ3) is 3.32. The van der Waals surface area contributed by atoms with E-state index in [-0.39, 0.29) is 5.91 Å². The van der Waals surface area contributed by atoms with Gasteiger partial charge in [0.15, 0.2) is 0 Å². The van der Waals surface area contributed by atoms with Gasteiger partial charge in [0.05, 0.1) is 21.6 Å². The molecule has 0 atom stereocenters. The van der Waals surface area contributed by atoms with E-state index < -0.39 is 4.32 Å². The quantitative estimate of drug-likeness (QED) is 0.835. The number of hydrogen-bond donors (Lipinski definition) is 1. The van der Waals surface area contributed by atoms with E-state index in [9.17, 15) is 4.79 Å². The van der Waals surface area contributed by atoms with E-state index in [1.165, 1.54) is 0 Å². The normalized spacial score (nSPS) is 10.7. The number of nitrogens with one attached hydrogen (secondary N) is 1. The summed E-state index contributed by atoms with van der Waals surface area (Å²) < 4.78 is 0.0667. The summed E-state index contributed by atoms with van der Waals surface area (Å²) in [5.74, 6) is -0.141. The zero-order valence-corrected chi connectivity index (χ0v) is 12.0. The van der Waals surface area contributed by atoms with Gasteiger partial charge in [-0.2, -0.15) is 5.26 Å². The molecule has 0 aliphatic carbocycles. The summed E-state index contributed by atoms with van der Waals surface area (Å²) in [7, 11) is 0. The van der Waals surface area contributed by atoms with Gasteiger partial charge in [-0.3, -0.25) is 4.79 Å². The Morgan fingerprint density at radius 2 is 2.12 bits per heavy atom. The standard InChI is InChI=1S/C11H10Br2N2O/c1-11(2,13)10(16)15-9-4-3-7(6-14)5-8(9)12/h3-5H,1-2H3,(H,15,16). The number of carbonyl (C=O) groups is 1. The van der Waals surface area contributed by atoms with E-state index in [4.69, 9.17) is 5.26 Å². The van der Waals surface area contributed by atoms with Crippen LogP contribution in [0.3, 0.4) is 0 Å². The van der Waals surface area contributed by atoms with Gasteiger partial charge in [-0.15, -0.1) is 0 Å². The number of benzene rings is 1. The van der Waals surface area contributed by atoms with Crippen LogP contribution >= 0.6 is 31.9 Å². The topological polar surface area (TPSA) is 52.9 Å². The fourth-order valence-corrected chi connectivity index (χ4v) is 1.53. The molecule has 1 N–H and O–H groups in total. The van der Waals surface area contributed by atoms with Crippen LogP contribution in [0.2, 0.25) is 0 Å². The smallest absolute Gasteiger partial charge is 0.240 e. The molecule has 0 spiro atoms. The Hall–Kier alpha value is -0.860. The van der Waals surface area contributed by atoms with Gasteiger partial charge in [0.1, 0.15) is 0 Å². The van der Waals surface area contributed by atoms with E-state index in [0.29, 0.717) is 15.7 Å². The Labute approximate surface area is 111 Å². The summed E-state index contributed by atoms with van der Waals surface area (Å²) in [5, 5.41) is 11.5. The number of halogens is 2. The minimum atomic E-state index is -0.625. The fraction of sp³-hybridized carbons (Fsp3) is 0.273. The van der Waals surface area contributed by atoms with Gasteiger partial charge in [0.25, 0.3) is 0 Å². The highest BCUT2D eigenvalue weighted by atomic mass is 79.9. The molecule has 0 bridgehead atoms. The molecule has 0 heterocycles. The summed E-state index contributed by atoms with van der Waals surface area (Å²) in [6.07, 6.45) is 0. The van der Waals surface area contributed by atoms with Gasteiger partial charge in [0.2, 0.25) is 5.91 Å². The summed E-state index contributed by atoms with van der Waals surface area (Å²) in [5.41, 5.74) is 1.19. The molecule has 1 amide bonds. The first-order chi connectivity index (χ1) is 7.34. The number of nitrogens with zero attached hydrogens (tertiary/aromatic N) is 1.